The Kier molecular flexibility index (Phi) is 6.24. The molecule has 0 fully saturated rings. The van der Waals surface area contributed by atoms with E-state index in [4.69, 9.17) is 26.9 Å². The number of para-hydroxylation sites is 1. The molecule has 0 aliphatic heterocycles. The average Bonchev–Trinajstić information content (AvgIpc) is 3.13. The number of aryl methyl sites for hydroxylation is 1. The van der Waals surface area contributed by atoms with Gasteiger partial charge in [-0.15, -0.1) is 0 Å². The van der Waals surface area contributed by atoms with Gasteiger partial charge in [0, 0.05) is 62.0 Å². The highest BCUT2D eigenvalue weighted by atomic mass is 16.5. The number of hydrogen-bond acceptors (Lipinski definition) is 8. The van der Waals surface area contributed by atoms with Crippen molar-refractivity contribution in [1.82, 2.24) is 24.3 Å². The minimum atomic E-state index is -0.990. The van der Waals surface area contributed by atoms with Gasteiger partial charge >= 0.3 is 0 Å². The molecule has 4 rings (SSSR count). The predicted octanol–water partition coefficient (Wildman–Crippen LogP) is 2.00. The molecular weight excluding hydrogens is 428 g/mol. The molecule has 1 unspecified atom stereocenters. The zero-order valence-corrected chi connectivity index (χ0v) is 20.5. The lowest BCUT2D eigenvalue weighted by Gasteiger charge is -2.33. The van der Waals surface area contributed by atoms with E-state index >= 15 is 0 Å². The molecule has 2 heterocycles. The van der Waals surface area contributed by atoms with Gasteiger partial charge in [-0.3, -0.25) is 0 Å². The van der Waals surface area contributed by atoms with E-state index in [9.17, 15) is 0 Å². The van der Waals surface area contributed by atoms with Gasteiger partial charge in [0.2, 0.25) is 0 Å². The van der Waals surface area contributed by atoms with Crippen molar-refractivity contribution in [2.24, 2.45) is 18.5 Å². The summed E-state index contributed by atoms with van der Waals surface area (Å²) in [7, 11) is 9.69. The maximum absolute atomic E-state index is 6.83. The van der Waals surface area contributed by atoms with E-state index in [0.717, 1.165) is 35.3 Å². The van der Waals surface area contributed by atoms with Gasteiger partial charge in [0.25, 0.3) is 0 Å². The number of benzene rings is 1. The van der Waals surface area contributed by atoms with Crippen LogP contribution in [0, 0.1) is 0 Å². The Morgan fingerprint density at radius 2 is 1.85 bits per heavy atom. The highest BCUT2D eigenvalue weighted by Crippen LogP contribution is 2.40. The van der Waals surface area contributed by atoms with Crippen LogP contribution in [-0.2, 0) is 12.6 Å². The van der Waals surface area contributed by atoms with Crippen molar-refractivity contribution in [2.45, 2.75) is 12.0 Å². The minimum absolute atomic E-state index is 0.241. The molecule has 1 atom stereocenters. The number of allylic oxidation sites excluding steroid dienone is 1. The van der Waals surface area contributed by atoms with Gasteiger partial charge in [-0.2, -0.15) is 0 Å². The third-order valence-corrected chi connectivity index (χ3v) is 6.31. The number of rotatable bonds is 7. The van der Waals surface area contributed by atoms with Crippen molar-refractivity contribution in [2.75, 3.05) is 47.1 Å². The molecule has 0 bridgehead atoms. The van der Waals surface area contributed by atoms with Crippen LogP contribution in [0.25, 0.3) is 22.2 Å². The Morgan fingerprint density at radius 3 is 2.53 bits per heavy atom. The van der Waals surface area contributed by atoms with Gasteiger partial charge in [-0.05, 0) is 26.2 Å². The number of nitrogens with zero attached hydrogens (tertiary/aromatic N) is 5. The molecule has 180 valence electrons. The minimum Gasteiger partial charge on any atom is -0.491 e. The largest absolute Gasteiger partial charge is 0.491 e. The van der Waals surface area contributed by atoms with Crippen molar-refractivity contribution in [3.8, 4) is 17.0 Å². The second-order valence-electron chi connectivity index (χ2n) is 9.17. The number of likely N-dealkylation sites (N-methyl/N-ethyl adjacent to an activating group) is 2. The van der Waals surface area contributed by atoms with Crippen LogP contribution in [0.4, 0.5) is 5.82 Å². The van der Waals surface area contributed by atoms with Gasteiger partial charge in [0.1, 0.15) is 11.2 Å². The van der Waals surface area contributed by atoms with E-state index in [1.165, 1.54) is 0 Å². The molecule has 0 amide bonds. The quantitative estimate of drug-likeness (QED) is 0.487. The molecule has 9 nitrogen and oxygen atoms in total. The highest BCUT2D eigenvalue weighted by Gasteiger charge is 2.34. The van der Waals surface area contributed by atoms with Crippen LogP contribution in [0.2, 0.25) is 0 Å². The summed E-state index contributed by atoms with van der Waals surface area (Å²) in [5.41, 5.74) is 22.9. The number of fused-ring (bicyclic) bond motifs is 1. The SMILES string of the molecule is COc1c(N)nc(C2(N)C=CC(N(C)CCN(C)C)=C(N)C2)nc1-c1cn(C)c2ccccc12. The summed E-state index contributed by atoms with van der Waals surface area (Å²) < 4.78 is 7.67. The maximum atomic E-state index is 6.83. The number of nitrogens with two attached hydrogens (primary N) is 3. The molecule has 0 radical (unpaired) electrons. The van der Waals surface area contributed by atoms with Gasteiger partial charge in [0.05, 0.1) is 12.8 Å². The Morgan fingerprint density at radius 1 is 1.12 bits per heavy atom. The zero-order valence-electron chi connectivity index (χ0n) is 20.5. The molecular formula is C25H34N8O. The van der Waals surface area contributed by atoms with Gasteiger partial charge < -0.3 is 36.3 Å². The third-order valence-electron chi connectivity index (χ3n) is 6.31. The number of ether oxygens (including phenoxy) is 1. The molecule has 9 heteroatoms. The van der Waals surface area contributed by atoms with Crippen LogP contribution >= 0.6 is 0 Å². The number of nitrogen functional groups attached to an aromatic ring is 1. The number of anilines is 1. The topological polar surface area (TPSA) is 124 Å². The molecule has 0 spiro atoms. The van der Waals surface area contributed by atoms with Crippen LogP contribution in [0.1, 0.15) is 12.2 Å². The summed E-state index contributed by atoms with van der Waals surface area (Å²) in [5.74, 6) is 1.07. The Hall–Kier alpha value is -3.56. The molecule has 0 saturated heterocycles. The molecule has 0 saturated carbocycles. The van der Waals surface area contributed by atoms with Crippen molar-refractivity contribution in [3.05, 3.63) is 59.8 Å². The Bertz CT molecular complexity index is 1280. The fourth-order valence-corrected chi connectivity index (χ4v) is 4.39. The van der Waals surface area contributed by atoms with Crippen molar-refractivity contribution in [1.29, 1.82) is 0 Å². The maximum Gasteiger partial charge on any atom is 0.187 e. The Labute approximate surface area is 200 Å². The van der Waals surface area contributed by atoms with Gasteiger partial charge in [0.15, 0.2) is 17.4 Å². The normalized spacial score (nSPS) is 18.2. The summed E-state index contributed by atoms with van der Waals surface area (Å²) >= 11 is 0. The van der Waals surface area contributed by atoms with E-state index in [2.05, 4.69) is 31.5 Å². The monoisotopic (exact) mass is 462 g/mol. The predicted molar refractivity (Wildman–Crippen MR) is 137 cm³/mol. The molecule has 2 aromatic heterocycles. The van der Waals surface area contributed by atoms with Crippen LogP contribution in [-0.4, -0.2) is 65.7 Å². The molecule has 3 aromatic rings. The van der Waals surface area contributed by atoms with Gasteiger partial charge in [-0.1, -0.05) is 24.3 Å². The highest BCUT2D eigenvalue weighted by molar-refractivity contribution is 5.97. The summed E-state index contributed by atoms with van der Waals surface area (Å²) in [6.45, 7) is 1.77. The molecule has 6 N–H and O–H groups in total. The van der Waals surface area contributed by atoms with Gasteiger partial charge in [-0.25, -0.2) is 9.97 Å². The summed E-state index contributed by atoms with van der Waals surface area (Å²) in [6.07, 6.45) is 6.27. The van der Waals surface area contributed by atoms with Crippen LogP contribution in [0.3, 0.4) is 0 Å². The zero-order chi connectivity index (χ0) is 24.6. The lowest BCUT2D eigenvalue weighted by molar-refractivity contribution is 0.325. The first-order chi connectivity index (χ1) is 16.1. The van der Waals surface area contributed by atoms with E-state index < -0.39 is 5.54 Å². The fraction of sp³-hybridized carbons (Fsp3) is 0.360. The Balaban J connectivity index is 1.75. The molecule has 1 aliphatic rings. The number of methoxy groups -OCH3 is 1. The first-order valence-corrected chi connectivity index (χ1v) is 11.2. The number of aromatic nitrogens is 3. The van der Waals surface area contributed by atoms with Crippen LogP contribution in [0.15, 0.2) is 54.0 Å². The lowest BCUT2D eigenvalue weighted by atomic mass is 9.87. The summed E-state index contributed by atoms with van der Waals surface area (Å²) in [6, 6.07) is 8.12. The van der Waals surface area contributed by atoms with Crippen molar-refractivity contribution >= 4 is 16.7 Å². The van der Waals surface area contributed by atoms with Crippen molar-refractivity contribution in [3.63, 3.8) is 0 Å². The summed E-state index contributed by atoms with van der Waals surface area (Å²) in [4.78, 5) is 13.7. The first kappa shape index (κ1) is 23.6. The smallest absolute Gasteiger partial charge is 0.187 e. The standard InChI is InChI=1S/C25H34N8O/c1-31(2)12-13-32(3)20-10-11-25(28,14-18(20)26)24-29-21(22(34-5)23(27)30-24)17-15-33(4)19-9-7-6-8-16(17)19/h6-11,15H,12-14,26,28H2,1-5H3,(H2,27,29,30). The second-order valence-corrected chi connectivity index (χ2v) is 9.17. The van der Waals surface area contributed by atoms with E-state index in [-0.39, 0.29) is 5.82 Å². The molecule has 1 aliphatic carbocycles. The fourth-order valence-electron chi connectivity index (χ4n) is 4.39. The second kappa shape index (κ2) is 9.00. The first-order valence-electron chi connectivity index (χ1n) is 11.2. The number of hydrogen-bond donors (Lipinski definition) is 3. The van der Waals surface area contributed by atoms with Crippen molar-refractivity contribution < 1.29 is 4.74 Å². The van der Waals surface area contributed by atoms with Crippen LogP contribution < -0.4 is 21.9 Å². The molecule has 34 heavy (non-hydrogen) atoms. The van der Waals surface area contributed by atoms with Crippen LogP contribution in [0.5, 0.6) is 5.75 Å². The molecule has 1 aromatic carbocycles. The van der Waals surface area contributed by atoms with E-state index in [0.29, 0.717) is 29.4 Å². The lowest BCUT2D eigenvalue weighted by Crippen LogP contribution is -2.41. The summed E-state index contributed by atoms with van der Waals surface area (Å²) in [5, 5.41) is 1.04. The van der Waals surface area contributed by atoms with E-state index in [1.807, 2.05) is 58.7 Å². The third kappa shape index (κ3) is 4.20. The average molecular weight is 463 g/mol. The van der Waals surface area contributed by atoms with E-state index in [1.54, 1.807) is 7.11 Å².